The van der Waals surface area contributed by atoms with Crippen LogP contribution in [0.4, 0.5) is 5.69 Å². The van der Waals surface area contributed by atoms with Gasteiger partial charge in [-0.1, -0.05) is 13.0 Å². The highest BCUT2D eigenvalue weighted by Gasteiger charge is 2.08. The van der Waals surface area contributed by atoms with Crippen molar-refractivity contribution >= 4 is 17.5 Å². The van der Waals surface area contributed by atoms with Crippen LogP contribution in [0.2, 0.25) is 0 Å². The lowest BCUT2D eigenvalue weighted by Gasteiger charge is -2.08. The Balaban J connectivity index is 1.88. The largest absolute Gasteiger partial charge is 0.467 e. The molecule has 0 saturated heterocycles. The maximum absolute atomic E-state index is 12.1. The molecule has 0 aliphatic heterocycles. The van der Waals surface area contributed by atoms with Crippen LogP contribution >= 0.6 is 0 Å². The zero-order chi connectivity index (χ0) is 16.5. The first-order chi connectivity index (χ1) is 11.2. The third kappa shape index (κ3) is 5.60. The number of benzene rings is 1. The van der Waals surface area contributed by atoms with Crippen LogP contribution in [0.3, 0.4) is 0 Å². The summed E-state index contributed by atoms with van der Waals surface area (Å²) in [4.78, 5) is 23.9. The fourth-order valence-corrected chi connectivity index (χ4v) is 2.00. The Kier molecular flexibility index (Phi) is 6.38. The maximum atomic E-state index is 12.1. The Hall–Kier alpha value is -2.60. The van der Waals surface area contributed by atoms with Gasteiger partial charge in [0.15, 0.2) is 0 Å². The summed E-state index contributed by atoms with van der Waals surface area (Å²) in [6, 6.07) is 10.4. The van der Waals surface area contributed by atoms with E-state index in [0.717, 1.165) is 13.0 Å². The minimum atomic E-state index is -0.221. The summed E-state index contributed by atoms with van der Waals surface area (Å²) in [6.45, 7) is 3.41. The van der Waals surface area contributed by atoms with E-state index in [9.17, 15) is 9.59 Å². The van der Waals surface area contributed by atoms with Crippen molar-refractivity contribution in [2.45, 2.75) is 19.9 Å². The molecule has 2 rings (SSSR count). The Morgan fingerprint density at radius 1 is 1.17 bits per heavy atom. The fourth-order valence-electron chi connectivity index (χ4n) is 2.00. The quantitative estimate of drug-likeness (QED) is 0.652. The molecule has 0 unspecified atom stereocenters. The van der Waals surface area contributed by atoms with E-state index in [1.807, 2.05) is 6.92 Å². The average Bonchev–Trinajstić information content (AvgIpc) is 3.06. The number of anilines is 1. The highest BCUT2D eigenvalue weighted by Crippen LogP contribution is 2.11. The third-order valence-corrected chi connectivity index (χ3v) is 3.12. The van der Waals surface area contributed by atoms with Gasteiger partial charge in [0, 0.05) is 11.3 Å². The van der Waals surface area contributed by atoms with E-state index in [2.05, 4.69) is 16.0 Å². The van der Waals surface area contributed by atoms with E-state index in [0.29, 0.717) is 23.6 Å². The molecule has 1 heterocycles. The van der Waals surface area contributed by atoms with Gasteiger partial charge in [0.2, 0.25) is 5.91 Å². The maximum Gasteiger partial charge on any atom is 0.251 e. The summed E-state index contributed by atoms with van der Waals surface area (Å²) in [5.74, 6) is 0.331. The molecule has 1 aromatic heterocycles. The molecule has 0 saturated carbocycles. The Labute approximate surface area is 135 Å². The average molecular weight is 315 g/mol. The molecule has 0 bridgehead atoms. The number of hydrogen-bond acceptors (Lipinski definition) is 4. The molecule has 0 spiro atoms. The van der Waals surface area contributed by atoms with E-state index in [1.165, 1.54) is 0 Å². The van der Waals surface area contributed by atoms with E-state index in [1.54, 1.807) is 42.7 Å². The molecule has 2 amide bonds. The second-order valence-corrected chi connectivity index (χ2v) is 5.07. The molecule has 0 fully saturated rings. The number of nitrogens with one attached hydrogen (secondary N) is 3. The van der Waals surface area contributed by atoms with Gasteiger partial charge in [-0.15, -0.1) is 0 Å². The monoisotopic (exact) mass is 315 g/mol. The van der Waals surface area contributed by atoms with E-state index < -0.39 is 0 Å². The predicted molar refractivity (Wildman–Crippen MR) is 88.1 cm³/mol. The summed E-state index contributed by atoms with van der Waals surface area (Å²) in [6.07, 6.45) is 2.53. The van der Waals surface area contributed by atoms with E-state index >= 15 is 0 Å². The third-order valence-electron chi connectivity index (χ3n) is 3.12. The molecule has 0 radical (unpaired) electrons. The zero-order valence-corrected chi connectivity index (χ0v) is 13.1. The van der Waals surface area contributed by atoms with Crippen molar-refractivity contribution in [3.05, 3.63) is 54.0 Å². The second-order valence-electron chi connectivity index (χ2n) is 5.07. The van der Waals surface area contributed by atoms with Crippen LogP contribution in [0.5, 0.6) is 0 Å². The summed E-state index contributed by atoms with van der Waals surface area (Å²) in [5, 5.41) is 8.56. The first-order valence-electron chi connectivity index (χ1n) is 7.60. The molecule has 122 valence electrons. The van der Waals surface area contributed by atoms with Crippen LogP contribution < -0.4 is 16.0 Å². The van der Waals surface area contributed by atoms with Gasteiger partial charge in [0.05, 0.1) is 19.4 Å². The lowest BCUT2D eigenvalue weighted by Crippen LogP contribution is -2.28. The second kappa shape index (κ2) is 8.75. The van der Waals surface area contributed by atoms with Gasteiger partial charge in [0.25, 0.3) is 5.91 Å². The Morgan fingerprint density at radius 3 is 2.78 bits per heavy atom. The standard InChI is InChI=1S/C17H21N3O3/c1-2-8-18-12-16(21)20-14-6-3-5-13(10-14)17(22)19-11-15-7-4-9-23-15/h3-7,9-10,18H,2,8,11-12H2,1H3,(H,19,22)(H,20,21). The van der Waals surface area contributed by atoms with Crippen LogP contribution in [-0.4, -0.2) is 24.9 Å². The van der Waals surface area contributed by atoms with Gasteiger partial charge in [-0.25, -0.2) is 0 Å². The van der Waals surface area contributed by atoms with E-state index in [-0.39, 0.29) is 18.4 Å². The fraction of sp³-hybridized carbons (Fsp3) is 0.294. The number of furan rings is 1. The number of hydrogen-bond donors (Lipinski definition) is 3. The molecule has 6 heteroatoms. The Morgan fingerprint density at radius 2 is 2.04 bits per heavy atom. The first kappa shape index (κ1) is 16.8. The molecule has 0 aliphatic rings. The minimum Gasteiger partial charge on any atom is -0.467 e. The van der Waals surface area contributed by atoms with Gasteiger partial charge < -0.3 is 20.4 Å². The number of amides is 2. The summed E-state index contributed by atoms with van der Waals surface area (Å²) >= 11 is 0. The zero-order valence-electron chi connectivity index (χ0n) is 13.1. The highest BCUT2D eigenvalue weighted by molar-refractivity contribution is 5.97. The predicted octanol–water partition coefficient (Wildman–Crippen LogP) is 2.15. The molecule has 3 N–H and O–H groups in total. The lowest BCUT2D eigenvalue weighted by atomic mass is 10.2. The van der Waals surface area contributed by atoms with Crippen LogP contribution in [0.25, 0.3) is 0 Å². The number of carbonyl (C=O) groups excluding carboxylic acids is 2. The normalized spacial score (nSPS) is 10.3. The van der Waals surface area contributed by atoms with Crippen LogP contribution in [-0.2, 0) is 11.3 Å². The van der Waals surface area contributed by atoms with Gasteiger partial charge in [0.1, 0.15) is 5.76 Å². The van der Waals surface area contributed by atoms with Crippen molar-refractivity contribution < 1.29 is 14.0 Å². The molecular weight excluding hydrogens is 294 g/mol. The molecule has 1 aromatic carbocycles. The highest BCUT2D eigenvalue weighted by atomic mass is 16.3. The molecule has 6 nitrogen and oxygen atoms in total. The molecule has 2 aromatic rings. The summed E-state index contributed by atoms with van der Waals surface area (Å²) < 4.78 is 5.16. The van der Waals surface area contributed by atoms with E-state index in [4.69, 9.17) is 4.42 Å². The van der Waals surface area contributed by atoms with Gasteiger partial charge >= 0.3 is 0 Å². The van der Waals surface area contributed by atoms with Crippen molar-refractivity contribution in [2.75, 3.05) is 18.4 Å². The smallest absolute Gasteiger partial charge is 0.251 e. The van der Waals surface area contributed by atoms with Gasteiger partial charge in [-0.3, -0.25) is 9.59 Å². The first-order valence-corrected chi connectivity index (χ1v) is 7.60. The van der Waals surface area contributed by atoms with Crippen LogP contribution in [0, 0.1) is 0 Å². The molecule has 0 aliphatic carbocycles. The van der Waals surface area contributed by atoms with Crippen molar-refractivity contribution in [1.82, 2.24) is 10.6 Å². The van der Waals surface area contributed by atoms with Gasteiger partial charge in [-0.2, -0.15) is 0 Å². The van der Waals surface area contributed by atoms with Crippen LogP contribution in [0.1, 0.15) is 29.5 Å². The van der Waals surface area contributed by atoms with Crippen molar-refractivity contribution in [3.8, 4) is 0 Å². The van der Waals surface area contributed by atoms with Crippen molar-refractivity contribution in [1.29, 1.82) is 0 Å². The topological polar surface area (TPSA) is 83.4 Å². The minimum absolute atomic E-state index is 0.133. The van der Waals surface area contributed by atoms with Crippen molar-refractivity contribution in [2.24, 2.45) is 0 Å². The van der Waals surface area contributed by atoms with Crippen molar-refractivity contribution in [3.63, 3.8) is 0 Å². The van der Waals surface area contributed by atoms with Gasteiger partial charge in [-0.05, 0) is 43.3 Å². The summed E-state index contributed by atoms with van der Waals surface area (Å²) in [7, 11) is 0. The molecule has 0 atom stereocenters. The lowest BCUT2D eigenvalue weighted by molar-refractivity contribution is -0.115. The number of carbonyl (C=O) groups is 2. The summed E-state index contributed by atoms with van der Waals surface area (Å²) in [5.41, 5.74) is 1.08. The SMILES string of the molecule is CCCNCC(=O)Nc1cccc(C(=O)NCc2ccco2)c1. The molecule has 23 heavy (non-hydrogen) atoms. The number of rotatable bonds is 8. The molecular formula is C17H21N3O3. The Bertz CT molecular complexity index is 638. The van der Waals surface area contributed by atoms with Crippen LogP contribution in [0.15, 0.2) is 47.1 Å².